The van der Waals surface area contributed by atoms with Crippen molar-refractivity contribution >= 4 is 29.0 Å². The number of carbonyl (C=O) groups is 2. The molecule has 0 atom stereocenters. The Morgan fingerprint density at radius 2 is 1.89 bits per heavy atom. The summed E-state index contributed by atoms with van der Waals surface area (Å²) in [5.41, 5.74) is 2.65. The Labute approximate surface area is 209 Å². The highest BCUT2D eigenvalue weighted by atomic mass is 35.5. The summed E-state index contributed by atoms with van der Waals surface area (Å²) in [7, 11) is 0. The Bertz CT molecular complexity index is 1310. The Morgan fingerprint density at radius 1 is 1.06 bits per heavy atom. The molecule has 8 nitrogen and oxygen atoms in total. The van der Waals surface area contributed by atoms with Gasteiger partial charge in [0, 0.05) is 24.7 Å². The second kappa shape index (κ2) is 9.26. The third kappa shape index (κ3) is 4.71. The number of carbonyl (C=O) groups excluding carboxylic acids is 2. The number of piperazine rings is 1. The molecule has 35 heavy (non-hydrogen) atoms. The zero-order valence-corrected chi connectivity index (χ0v) is 20.6. The molecule has 1 aromatic carbocycles. The van der Waals surface area contributed by atoms with Crippen molar-refractivity contribution in [3.05, 3.63) is 77.1 Å². The lowest BCUT2D eigenvalue weighted by atomic mass is 9.98. The van der Waals surface area contributed by atoms with E-state index in [1.54, 1.807) is 28.0 Å². The highest BCUT2D eigenvalue weighted by Crippen LogP contribution is 2.27. The van der Waals surface area contributed by atoms with Crippen LogP contribution in [0.4, 0.5) is 0 Å². The molecule has 3 aromatic rings. The lowest BCUT2D eigenvalue weighted by Crippen LogP contribution is -2.62. The van der Waals surface area contributed by atoms with Gasteiger partial charge in [-0.3, -0.25) is 9.59 Å². The van der Waals surface area contributed by atoms with E-state index >= 15 is 0 Å². The standard InChI is InChI=1S/C26H27ClN6O2/c1-26(2)16-31(24(34)22-12-6-11-21(29-22)18-7-3-4-8-18)13-14-32(26)25(35)23-28-17-33(30-23)20-10-5-9-19(27)15-20/h5-7,9-12,15,17H,3-4,8,13-14,16H2,1-2H3. The zero-order chi connectivity index (χ0) is 24.6. The van der Waals surface area contributed by atoms with Crippen LogP contribution in [-0.4, -0.2) is 66.5 Å². The van der Waals surface area contributed by atoms with Gasteiger partial charge in [0.25, 0.3) is 11.8 Å². The Morgan fingerprint density at radius 3 is 2.63 bits per heavy atom. The maximum Gasteiger partial charge on any atom is 0.294 e. The SMILES string of the molecule is CC1(C)CN(C(=O)c2cccc(C3=CCCC3)n2)CCN1C(=O)c1ncn(-c2cccc(Cl)c2)n1. The molecule has 3 heterocycles. The second-order valence-corrected chi connectivity index (χ2v) is 9.95. The predicted octanol–water partition coefficient (Wildman–Crippen LogP) is 4.26. The summed E-state index contributed by atoms with van der Waals surface area (Å²) < 4.78 is 1.53. The number of hydrogen-bond donors (Lipinski definition) is 0. The molecule has 9 heteroatoms. The smallest absolute Gasteiger partial charge is 0.294 e. The molecule has 0 unspecified atom stereocenters. The van der Waals surface area contributed by atoms with E-state index in [9.17, 15) is 9.59 Å². The van der Waals surface area contributed by atoms with Crippen molar-refractivity contribution in [3.8, 4) is 5.69 Å². The van der Waals surface area contributed by atoms with Gasteiger partial charge in [0.1, 0.15) is 12.0 Å². The Balaban J connectivity index is 1.30. The topological polar surface area (TPSA) is 84.2 Å². The maximum absolute atomic E-state index is 13.3. The second-order valence-electron chi connectivity index (χ2n) is 9.52. The number of nitrogens with zero attached hydrogens (tertiary/aromatic N) is 6. The van der Waals surface area contributed by atoms with Crippen LogP contribution in [0.1, 0.15) is 59.9 Å². The number of hydrogen-bond acceptors (Lipinski definition) is 5. The fraction of sp³-hybridized carbons (Fsp3) is 0.346. The van der Waals surface area contributed by atoms with Crippen molar-refractivity contribution < 1.29 is 9.59 Å². The highest BCUT2D eigenvalue weighted by molar-refractivity contribution is 6.30. The Kier molecular flexibility index (Phi) is 6.15. The Hall–Kier alpha value is -3.52. The van der Waals surface area contributed by atoms with Crippen LogP contribution >= 0.6 is 11.6 Å². The first-order chi connectivity index (χ1) is 16.8. The first-order valence-corrected chi connectivity index (χ1v) is 12.1. The maximum atomic E-state index is 13.3. The van der Waals surface area contributed by atoms with Crippen LogP contribution in [0.5, 0.6) is 0 Å². The van der Waals surface area contributed by atoms with E-state index in [0.717, 1.165) is 30.6 Å². The van der Waals surface area contributed by atoms with Gasteiger partial charge in [0.05, 0.1) is 16.9 Å². The number of pyridine rings is 1. The zero-order valence-electron chi connectivity index (χ0n) is 19.8. The minimum absolute atomic E-state index is 0.108. The number of halogens is 1. The van der Waals surface area contributed by atoms with Crippen molar-refractivity contribution in [2.24, 2.45) is 0 Å². The van der Waals surface area contributed by atoms with Gasteiger partial charge in [-0.1, -0.05) is 29.8 Å². The van der Waals surface area contributed by atoms with Crippen LogP contribution < -0.4 is 0 Å². The quantitative estimate of drug-likeness (QED) is 0.545. The van der Waals surface area contributed by atoms with Gasteiger partial charge in [0.15, 0.2) is 0 Å². The van der Waals surface area contributed by atoms with E-state index in [1.807, 2.05) is 38.1 Å². The molecule has 0 bridgehead atoms. The number of aromatic nitrogens is 4. The summed E-state index contributed by atoms with van der Waals surface area (Å²) in [6.07, 6.45) is 6.90. The number of benzene rings is 1. The third-order valence-corrected chi connectivity index (χ3v) is 6.76. The minimum Gasteiger partial charge on any atom is -0.333 e. The number of amides is 2. The summed E-state index contributed by atoms with van der Waals surface area (Å²) >= 11 is 6.07. The van der Waals surface area contributed by atoms with Crippen LogP contribution in [0.3, 0.4) is 0 Å². The molecule has 2 aromatic heterocycles. The lowest BCUT2D eigenvalue weighted by Gasteiger charge is -2.46. The summed E-state index contributed by atoms with van der Waals surface area (Å²) in [5, 5.41) is 4.95. The number of rotatable bonds is 4. The van der Waals surface area contributed by atoms with Gasteiger partial charge in [-0.15, -0.1) is 5.10 Å². The molecule has 1 fully saturated rings. The normalized spacial score (nSPS) is 17.4. The average Bonchev–Trinajstić information content (AvgIpc) is 3.55. The van der Waals surface area contributed by atoms with Gasteiger partial charge in [-0.05, 0) is 69.0 Å². The predicted molar refractivity (Wildman–Crippen MR) is 133 cm³/mol. The first-order valence-electron chi connectivity index (χ1n) is 11.8. The van der Waals surface area contributed by atoms with Crippen LogP contribution in [0.15, 0.2) is 54.9 Å². The fourth-order valence-corrected chi connectivity index (χ4v) is 4.91. The fourth-order valence-electron chi connectivity index (χ4n) is 4.73. The third-order valence-electron chi connectivity index (χ3n) is 6.53. The average molecular weight is 491 g/mol. The van der Waals surface area contributed by atoms with E-state index in [4.69, 9.17) is 11.6 Å². The summed E-state index contributed by atoms with van der Waals surface area (Å²) in [6.45, 7) is 5.09. The van der Waals surface area contributed by atoms with Crippen molar-refractivity contribution in [1.29, 1.82) is 0 Å². The highest BCUT2D eigenvalue weighted by Gasteiger charge is 2.40. The monoisotopic (exact) mass is 490 g/mol. The van der Waals surface area contributed by atoms with Gasteiger partial charge in [0.2, 0.25) is 5.82 Å². The first kappa shape index (κ1) is 23.2. The van der Waals surface area contributed by atoms with Gasteiger partial charge in [-0.2, -0.15) is 0 Å². The van der Waals surface area contributed by atoms with E-state index in [0.29, 0.717) is 30.4 Å². The van der Waals surface area contributed by atoms with E-state index < -0.39 is 5.54 Å². The molecule has 0 radical (unpaired) electrons. The van der Waals surface area contributed by atoms with E-state index in [1.165, 1.54) is 16.6 Å². The minimum atomic E-state index is -0.599. The largest absolute Gasteiger partial charge is 0.333 e. The van der Waals surface area contributed by atoms with E-state index in [-0.39, 0.29) is 17.6 Å². The molecule has 0 N–H and O–H groups in total. The van der Waals surface area contributed by atoms with Crippen molar-refractivity contribution in [1.82, 2.24) is 29.5 Å². The molecule has 1 aliphatic heterocycles. The summed E-state index contributed by atoms with van der Waals surface area (Å²) in [4.78, 5) is 39.0. The van der Waals surface area contributed by atoms with Gasteiger partial charge < -0.3 is 9.80 Å². The molecule has 2 aliphatic rings. The molecule has 0 saturated carbocycles. The molecular weight excluding hydrogens is 464 g/mol. The summed E-state index contributed by atoms with van der Waals surface area (Å²) in [5.74, 6) is -0.276. The van der Waals surface area contributed by atoms with Crippen molar-refractivity contribution in [3.63, 3.8) is 0 Å². The van der Waals surface area contributed by atoms with Crippen LogP contribution in [0.25, 0.3) is 11.3 Å². The molecule has 1 saturated heterocycles. The van der Waals surface area contributed by atoms with Crippen molar-refractivity contribution in [2.75, 3.05) is 19.6 Å². The van der Waals surface area contributed by atoms with Crippen molar-refractivity contribution in [2.45, 2.75) is 38.6 Å². The molecule has 180 valence electrons. The summed E-state index contributed by atoms with van der Waals surface area (Å²) in [6, 6.07) is 12.8. The molecular formula is C26H27ClN6O2. The molecule has 0 spiro atoms. The van der Waals surface area contributed by atoms with Gasteiger partial charge in [-0.25, -0.2) is 14.6 Å². The van der Waals surface area contributed by atoms with Crippen LogP contribution in [-0.2, 0) is 0 Å². The van der Waals surface area contributed by atoms with Crippen LogP contribution in [0, 0.1) is 0 Å². The lowest BCUT2D eigenvalue weighted by molar-refractivity contribution is 0.0158. The molecule has 2 amide bonds. The van der Waals surface area contributed by atoms with Gasteiger partial charge >= 0.3 is 0 Å². The van der Waals surface area contributed by atoms with Crippen LogP contribution in [0.2, 0.25) is 5.02 Å². The molecule has 5 rings (SSSR count). The van der Waals surface area contributed by atoms with E-state index in [2.05, 4.69) is 21.1 Å². The molecule has 1 aliphatic carbocycles. The number of allylic oxidation sites excluding steroid dienone is 2.